The SMILES string of the molecule is C#Cc1cc(C)cc(C)c1.COC(=O)/C=C\c1cc(C)cc(C)c1.COC(=O)C#Cc1cc(C)cc(C)c1.Cc1cc(C)cc(C#CC(=O)O)c1.Cc1cc(C)cc(C#C[Si](C)(C)C)c1.Cc1cc(C)cc(C)c1. The largest absolute Gasteiger partial charge is 0.472 e. The summed E-state index contributed by atoms with van der Waals surface area (Å²) in [6.07, 6.45) is 8.42. The number of carbonyl (C=O) groups excluding carboxylic acids is 2. The van der Waals surface area contributed by atoms with Crippen molar-refractivity contribution in [1.29, 1.82) is 0 Å². The summed E-state index contributed by atoms with van der Waals surface area (Å²) < 4.78 is 8.93. The van der Waals surface area contributed by atoms with Gasteiger partial charge in [-0.1, -0.05) is 132 Å². The highest BCUT2D eigenvalue weighted by atomic mass is 28.3. The lowest BCUT2D eigenvalue weighted by Gasteiger charge is -2.04. The molecule has 0 saturated carbocycles. The normalized spacial score (nSPS) is 9.58. The van der Waals surface area contributed by atoms with Crippen molar-refractivity contribution in [3.05, 3.63) is 215 Å². The number of carbonyl (C=O) groups is 3. The quantitative estimate of drug-likeness (QED) is 0.0804. The molecule has 0 amide bonds. The highest BCUT2D eigenvalue weighted by Crippen LogP contribution is 2.13. The van der Waals surface area contributed by atoms with Gasteiger partial charge in [0.25, 0.3) is 0 Å². The van der Waals surface area contributed by atoms with Crippen molar-refractivity contribution < 1.29 is 29.0 Å². The van der Waals surface area contributed by atoms with Gasteiger partial charge < -0.3 is 14.6 Å². The van der Waals surface area contributed by atoms with Gasteiger partial charge in [0.15, 0.2) is 0 Å². The van der Waals surface area contributed by atoms with Gasteiger partial charge in [-0.05, 0) is 195 Å². The van der Waals surface area contributed by atoms with E-state index < -0.39 is 20.0 Å². The molecular formula is C67H76O6Si. The molecule has 0 saturated heterocycles. The highest BCUT2D eigenvalue weighted by Gasteiger charge is 2.07. The molecule has 0 aliphatic rings. The van der Waals surface area contributed by atoms with E-state index >= 15 is 0 Å². The molecule has 7 heteroatoms. The third-order valence-corrected chi connectivity index (χ3v) is 10.5. The van der Waals surface area contributed by atoms with Gasteiger partial charge in [0.2, 0.25) is 0 Å². The minimum absolute atomic E-state index is 0.329. The van der Waals surface area contributed by atoms with Gasteiger partial charge in [-0.15, -0.1) is 12.0 Å². The Morgan fingerprint density at radius 3 is 1.00 bits per heavy atom. The molecule has 0 aliphatic heterocycles. The van der Waals surface area contributed by atoms with Gasteiger partial charge >= 0.3 is 17.9 Å². The van der Waals surface area contributed by atoms with Crippen LogP contribution in [0, 0.1) is 137 Å². The molecule has 6 aromatic carbocycles. The summed E-state index contributed by atoms with van der Waals surface area (Å²) in [7, 11) is 1.45. The Bertz CT molecular complexity index is 2990. The van der Waals surface area contributed by atoms with Crippen LogP contribution in [0.3, 0.4) is 0 Å². The molecule has 0 spiro atoms. The number of ether oxygens (including phenoxy) is 2. The Labute approximate surface area is 445 Å². The molecule has 0 aromatic heterocycles. The zero-order valence-corrected chi connectivity index (χ0v) is 48.1. The molecule has 6 aromatic rings. The first-order valence-corrected chi connectivity index (χ1v) is 27.7. The zero-order chi connectivity index (χ0) is 56.1. The molecule has 0 bridgehead atoms. The molecule has 74 heavy (non-hydrogen) atoms. The van der Waals surface area contributed by atoms with E-state index in [2.05, 4.69) is 159 Å². The fourth-order valence-electron chi connectivity index (χ4n) is 7.30. The summed E-state index contributed by atoms with van der Waals surface area (Å²) in [5.74, 6) is 13.8. The van der Waals surface area contributed by atoms with Crippen molar-refractivity contribution in [2.75, 3.05) is 14.2 Å². The maximum absolute atomic E-state index is 10.8. The minimum atomic E-state index is -1.24. The van der Waals surface area contributed by atoms with Crippen LogP contribution in [-0.2, 0) is 23.9 Å². The Balaban J connectivity index is 0.000000447. The van der Waals surface area contributed by atoms with E-state index in [1.165, 1.54) is 70.4 Å². The predicted octanol–water partition coefficient (Wildman–Crippen LogP) is 14.5. The second kappa shape index (κ2) is 32.8. The standard InChI is InChI=1S/C13H18Si.C12H14O2.C12H12O2.C11H10O2.C10H10.C9H12/c1-11-8-12(2)10-13(9-11)6-7-14(3,4)5;2*1-9-6-10(2)8-11(7-9)4-5-12(13)14-3;1-8-5-9(2)7-10(6-8)3-4-11(12)13;1-4-10-6-8(2)5-9(3)7-10;1-7-4-8(2)6-9(3)5-7/h8-10H,1-5H3;4-8H,1-3H3;6-8H,1-3H3;5-7H,1-2H3,(H,12,13);1,5-7H,2-3H3;4-6H,1-3H3/b;5-4-;;;;. The second-order valence-electron chi connectivity index (χ2n) is 19.4. The number of esters is 2. The lowest BCUT2D eigenvalue weighted by Crippen LogP contribution is -2.16. The van der Waals surface area contributed by atoms with Crippen LogP contribution in [0.1, 0.15) is 100 Å². The number of rotatable bonds is 2. The van der Waals surface area contributed by atoms with E-state index in [0.717, 1.165) is 50.1 Å². The molecule has 0 fully saturated rings. The fraction of sp³-hybridized carbons (Fsp3) is 0.269. The third kappa shape index (κ3) is 30.6. The van der Waals surface area contributed by atoms with Crippen LogP contribution < -0.4 is 0 Å². The van der Waals surface area contributed by atoms with Gasteiger partial charge in [0.05, 0.1) is 14.2 Å². The van der Waals surface area contributed by atoms with E-state index in [0.29, 0.717) is 0 Å². The highest BCUT2D eigenvalue weighted by molar-refractivity contribution is 6.83. The van der Waals surface area contributed by atoms with E-state index in [4.69, 9.17) is 11.5 Å². The van der Waals surface area contributed by atoms with Crippen molar-refractivity contribution in [1.82, 2.24) is 0 Å². The topological polar surface area (TPSA) is 89.9 Å². The number of carboxylic acids is 1. The number of benzene rings is 6. The molecule has 0 unspecified atom stereocenters. The molecule has 384 valence electrons. The summed E-state index contributed by atoms with van der Waals surface area (Å²) in [5, 5.41) is 8.34. The Morgan fingerprint density at radius 1 is 0.432 bits per heavy atom. The van der Waals surface area contributed by atoms with E-state index in [9.17, 15) is 14.4 Å². The number of methoxy groups -OCH3 is 2. The molecule has 6 nitrogen and oxygen atoms in total. The number of carboxylic acid groups (broad SMARTS) is 1. The lowest BCUT2D eigenvalue weighted by atomic mass is 10.1. The van der Waals surface area contributed by atoms with Crippen LogP contribution in [-0.4, -0.2) is 45.3 Å². The molecule has 0 heterocycles. The minimum Gasteiger partial charge on any atom is -0.472 e. The fourth-order valence-corrected chi connectivity index (χ4v) is 7.82. The van der Waals surface area contributed by atoms with Crippen LogP contribution in [0.2, 0.25) is 19.6 Å². The zero-order valence-electron chi connectivity index (χ0n) is 47.1. The van der Waals surface area contributed by atoms with Crippen molar-refractivity contribution >= 4 is 32.1 Å². The van der Waals surface area contributed by atoms with E-state index in [1.54, 1.807) is 6.08 Å². The number of aryl methyl sites for hydroxylation is 13. The monoisotopic (exact) mass is 1000 g/mol. The van der Waals surface area contributed by atoms with Crippen molar-refractivity contribution in [2.45, 2.75) is 110 Å². The number of terminal acetylenes is 1. The van der Waals surface area contributed by atoms with Crippen LogP contribution in [0.4, 0.5) is 0 Å². The number of aliphatic carboxylic acids is 1. The summed E-state index contributed by atoms with van der Waals surface area (Å²) >= 11 is 0. The van der Waals surface area contributed by atoms with Crippen molar-refractivity contribution in [3.8, 4) is 47.5 Å². The molecule has 6 rings (SSSR count). The summed E-state index contributed by atoms with van der Waals surface area (Å²) in [6, 6.07) is 37.0. The lowest BCUT2D eigenvalue weighted by molar-refractivity contribution is -0.135. The summed E-state index contributed by atoms with van der Waals surface area (Å²) in [4.78, 5) is 31.8. The Kier molecular flexibility index (Phi) is 28.4. The molecule has 0 radical (unpaired) electrons. The van der Waals surface area contributed by atoms with Crippen molar-refractivity contribution in [3.63, 3.8) is 0 Å². The first-order valence-electron chi connectivity index (χ1n) is 24.2. The smallest absolute Gasteiger partial charge is 0.384 e. The molecule has 1 N–H and O–H groups in total. The predicted molar refractivity (Wildman–Crippen MR) is 313 cm³/mol. The van der Waals surface area contributed by atoms with Gasteiger partial charge in [0.1, 0.15) is 8.07 Å². The van der Waals surface area contributed by atoms with Crippen LogP contribution >= 0.6 is 0 Å². The third-order valence-electron chi connectivity index (χ3n) is 9.67. The van der Waals surface area contributed by atoms with Gasteiger partial charge in [-0.25, -0.2) is 14.4 Å². The summed E-state index contributed by atoms with van der Waals surface area (Å²) in [5.41, 5.74) is 24.1. The number of hydrogen-bond acceptors (Lipinski definition) is 5. The van der Waals surface area contributed by atoms with Crippen LogP contribution in [0.25, 0.3) is 6.08 Å². The summed E-state index contributed by atoms with van der Waals surface area (Å²) in [6.45, 7) is 33.5. The molecular weight excluding hydrogens is 929 g/mol. The van der Waals surface area contributed by atoms with Gasteiger partial charge in [-0.2, -0.15) is 0 Å². The molecule has 0 atom stereocenters. The first kappa shape index (κ1) is 63.9. The maximum Gasteiger partial charge on any atom is 0.384 e. The Morgan fingerprint density at radius 2 is 0.716 bits per heavy atom. The van der Waals surface area contributed by atoms with Crippen LogP contribution in [0.5, 0.6) is 0 Å². The van der Waals surface area contributed by atoms with E-state index in [1.807, 2.05) is 110 Å². The van der Waals surface area contributed by atoms with Crippen molar-refractivity contribution in [2.24, 2.45) is 0 Å². The van der Waals surface area contributed by atoms with Gasteiger partial charge in [0, 0.05) is 40.2 Å². The van der Waals surface area contributed by atoms with Crippen LogP contribution in [0.15, 0.2) is 115 Å². The second-order valence-corrected chi connectivity index (χ2v) is 24.1. The average molecular weight is 1010 g/mol. The molecule has 0 aliphatic carbocycles. The number of hydrogen-bond donors (Lipinski definition) is 1. The van der Waals surface area contributed by atoms with Gasteiger partial charge in [-0.3, -0.25) is 0 Å². The maximum atomic E-state index is 10.8. The Hall–Kier alpha value is -8.07. The van der Waals surface area contributed by atoms with E-state index in [-0.39, 0.29) is 5.97 Å². The first-order chi connectivity index (χ1) is 34.6. The average Bonchev–Trinajstić information content (AvgIpc) is 3.27.